The van der Waals surface area contributed by atoms with Crippen LogP contribution >= 0.6 is 11.6 Å². The smallest absolute Gasteiger partial charge is 0.306 e. The minimum Gasteiger partial charge on any atom is -0.306 e. The number of H-pyrrole nitrogens is 1. The summed E-state index contributed by atoms with van der Waals surface area (Å²) in [5.74, 6) is 0. The fourth-order valence-corrected chi connectivity index (χ4v) is 4.08. The summed E-state index contributed by atoms with van der Waals surface area (Å²) in [6.45, 7) is 5.05. The molecule has 0 aliphatic carbocycles. The van der Waals surface area contributed by atoms with E-state index < -0.39 is 0 Å². The van der Waals surface area contributed by atoms with Crippen LogP contribution in [0.25, 0.3) is 11.0 Å². The lowest BCUT2D eigenvalue weighted by atomic mass is 10.0. The molecular weight excluding hydrogens is 334 g/mol. The number of hydrogen-bond donors (Lipinski definition) is 1. The van der Waals surface area contributed by atoms with Crippen molar-refractivity contribution in [1.29, 1.82) is 0 Å². The zero-order valence-corrected chi connectivity index (χ0v) is 15.1. The van der Waals surface area contributed by atoms with Gasteiger partial charge in [0, 0.05) is 30.7 Å². The molecule has 25 heavy (non-hydrogen) atoms. The van der Waals surface area contributed by atoms with Gasteiger partial charge in [-0.2, -0.15) is 0 Å². The second-order valence-electron chi connectivity index (χ2n) is 6.90. The number of para-hydroxylation sites is 2. The summed E-state index contributed by atoms with van der Waals surface area (Å²) in [5, 5.41) is 0.790. The van der Waals surface area contributed by atoms with Gasteiger partial charge in [0.05, 0.1) is 11.0 Å². The summed E-state index contributed by atoms with van der Waals surface area (Å²) >= 11 is 6.05. The van der Waals surface area contributed by atoms with Crippen molar-refractivity contribution in [3.05, 3.63) is 69.1 Å². The average Bonchev–Trinajstić information content (AvgIpc) is 2.94. The van der Waals surface area contributed by atoms with Crippen LogP contribution in [0, 0.1) is 6.92 Å². The number of hydrogen-bond acceptors (Lipinski definition) is 2. The number of likely N-dealkylation sites (tertiary alicyclic amines) is 1. The fraction of sp³-hybridized carbons (Fsp3) is 0.350. The number of nitrogens with one attached hydrogen (secondary N) is 1. The molecule has 1 N–H and O–H groups in total. The van der Waals surface area contributed by atoms with Crippen LogP contribution in [0.3, 0.4) is 0 Å². The number of aromatic amines is 1. The Bertz CT molecular complexity index is 951. The maximum atomic E-state index is 12.4. The highest BCUT2D eigenvalue weighted by Gasteiger charge is 2.23. The van der Waals surface area contributed by atoms with Gasteiger partial charge in [-0.3, -0.25) is 9.47 Å². The van der Waals surface area contributed by atoms with E-state index in [0.717, 1.165) is 48.5 Å². The molecule has 0 bridgehead atoms. The van der Waals surface area contributed by atoms with Gasteiger partial charge in [0.1, 0.15) is 0 Å². The van der Waals surface area contributed by atoms with Gasteiger partial charge in [0.2, 0.25) is 0 Å². The Labute approximate surface area is 152 Å². The van der Waals surface area contributed by atoms with Crippen molar-refractivity contribution in [2.24, 2.45) is 0 Å². The second kappa shape index (κ2) is 6.70. The minimum atomic E-state index is 0.00759. The number of imidazole rings is 1. The van der Waals surface area contributed by atoms with E-state index in [0.29, 0.717) is 0 Å². The number of fused-ring (bicyclic) bond motifs is 1. The van der Waals surface area contributed by atoms with Crippen molar-refractivity contribution < 1.29 is 0 Å². The van der Waals surface area contributed by atoms with Gasteiger partial charge in [0.25, 0.3) is 0 Å². The molecular formula is C20H22ClN3O. The normalized spacial score (nSPS) is 16.6. The summed E-state index contributed by atoms with van der Waals surface area (Å²) in [6, 6.07) is 14.3. The highest BCUT2D eigenvalue weighted by molar-refractivity contribution is 6.30. The van der Waals surface area contributed by atoms with Gasteiger partial charge in [-0.05, 0) is 55.2 Å². The van der Waals surface area contributed by atoms with E-state index in [9.17, 15) is 4.79 Å². The maximum absolute atomic E-state index is 12.4. The van der Waals surface area contributed by atoms with Crippen LogP contribution in [0.15, 0.2) is 47.3 Å². The monoisotopic (exact) mass is 355 g/mol. The molecule has 5 heteroatoms. The van der Waals surface area contributed by atoms with Gasteiger partial charge < -0.3 is 4.98 Å². The van der Waals surface area contributed by atoms with E-state index in [4.69, 9.17) is 11.6 Å². The zero-order valence-electron chi connectivity index (χ0n) is 14.3. The number of benzene rings is 2. The predicted octanol–water partition coefficient (Wildman–Crippen LogP) is 4.13. The van der Waals surface area contributed by atoms with Crippen LogP contribution in [-0.4, -0.2) is 27.5 Å². The molecule has 1 aliphatic rings. The summed E-state index contributed by atoms with van der Waals surface area (Å²) < 4.78 is 1.94. The number of aromatic nitrogens is 2. The van der Waals surface area contributed by atoms with Crippen molar-refractivity contribution in [3.8, 4) is 0 Å². The van der Waals surface area contributed by atoms with E-state index in [1.54, 1.807) is 0 Å². The maximum Gasteiger partial charge on any atom is 0.326 e. The topological polar surface area (TPSA) is 41.0 Å². The highest BCUT2D eigenvalue weighted by atomic mass is 35.5. The Morgan fingerprint density at radius 2 is 1.92 bits per heavy atom. The molecule has 1 aromatic heterocycles. The molecule has 0 unspecified atom stereocenters. The molecule has 2 heterocycles. The van der Waals surface area contributed by atoms with E-state index in [2.05, 4.69) is 22.9 Å². The molecule has 1 fully saturated rings. The van der Waals surface area contributed by atoms with Gasteiger partial charge in [-0.25, -0.2) is 4.79 Å². The summed E-state index contributed by atoms with van der Waals surface area (Å²) in [6.07, 6.45) is 1.99. The fourth-order valence-electron chi connectivity index (χ4n) is 3.85. The van der Waals surface area contributed by atoms with Crippen LogP contribution in [0.1, 0.15) is 30.0 Å². The van der Waals surface area contributed by atoms with Gasteiger partial charge in [-0.15, -0.1) is 0 Å². The van der Waals surface area contributed by atoms with Crippen LogP contribution < -0.4 is 5.69 Å². The molecule has 0 amide bonds. The molecule has 4 rings (SSSR count). The summed E-state index contributed by atoms with van der Waals surface area (Å²) in [7, 11) is 0. The number of halogens is 1. The molecule has 0 spiro atoms. The summed E-state index contributed by atoms with van der Waals surface area (Å²) in [4.78, 5) is 17.8. The van der Waals surface area contributed by atoms with Gasteiger partial charge in [0.15, 0.2) is 0 Å². The Kier molecular flexibility index (Phi) is 4.40. The molecule has 130 valence electrons. The van der Waals surface area contributed by atoms with Crippen LogP contribution in [-0.2, 0) is 6.54 Å². The average molecular weight is 356 g/mol. The van der Waals surface area contributed by atoms with Crippen LogP contribution in [0.4, 0.5) is 0 Å². The molecule has 2 aromatic carbocycles. The quantitative estimate of drug-likeness (QED) is 0.767. The number of aryl methyl sites for hydroxylation is 1. The first-order valence-electron chi connectivity index (χ1n) is 8.78. The molecule has 0 radical (unpaired) electrons. The number of nitrogens with zero attached hydrogens (tertiary/aromatic N) is 2. The van der Waals surface area contributed by atoms with Crippen LogP contribution in [0.2, 0.25) is 5.02 Å². The molecule has 1 aliphatic heterocycles. The van der Waals surface area contributed by atoms with E-state index in [1.807, 2.05) is 41.0 Å². The molecule has 1 saturated heterocycles. The van der Waals surface area contributed by atoms with E-state index >= 15 is 0 Å². The second-order valence-corrected chi connectivity index (χ2v) is 7.33. The molecule has 0 saturated carbocycles. The highest BCUT2D eigenvalue weighted by Crippen LogP contribution is 2.26. The SMILES string of the molecule is Cc1cc(Cl)ccc1CN1CCC(n2c(=O)[nH]c3ccccc32)CC1. The largest absolute Gasteiger partial charge is 0.326 e. The third-order valence-electron chi connectivity index (χ3n) is 5.24. The first-order valence-corrected chi connectivity index (χ1v) is 9.16. The van der Waals surface area contributed by atoms with Crippen molar-refractivity contribution in [2.75, 3.05) is 13.1 Å². The standard InChI is InChI=1S/C20H22ClN3O/c1-14-12-16(21)7-6-15(14)13-23-10-8-17(9-11-23)24-19-5-3-2-4-18(19)22-20(24)25/h2-7,12,17H,8-11,13H2,1H3,(H,22,25). The van der Waals surface area contributed by atoms with E-state index in [1.165, 1.54) is 11.1 Å². The first-order chi connectivity index (χ1) is 12.1. The van der Waals surface area contributed by atoms with Gasteiger partial charge in [-0.1, -0.05) is 29.8 Å². The lowest BCUT2D eigenvalue weighted by Gasteiger charge is -2.32. The molecule has 4 nitrogen and oxygen atoms in total. The Morgan fingerprint density at radius 1 is 1.16 bits per heavy atom. The summed E-state index contributed by atoms with van der Waals surface area (Å²) in [5.41, 5.74) is 4.51. The molecule has 3 aromatic rings. The molecule has 0 atom stereocenters. The van der Waals surface area contributed by atoms with Crippen molar-refractivity contribution >= 4 is 22.6 Å². The van der Waals surface area contributed by atoms with Crippen LogP contribution in [0.5, 0.6) is 0 Å². The lowest BCUT2D eigenvalue weighted by molar-refractivity contribution is 0.179. The number of piperidine rings is 1. The Morgan fingerprint density at radius 3 is 2.68 bits per heavy atom. The Hall–Kier alpha value is -2.04. The van der Waals surface area contributed by atoms with Crippen molar-refractivity contribution in [1.82, 2.24) is 14.5 Å². The predicted molar refractivity (Wildman–Crippen MR) is 102 cm³/mol. The minimum absolute atomic E-state index is 0.00759. The van der Waals surface area contributed by atoms with E-state index in [-0.39, 0.29) is 11.7 Å². The third kappa shape index (κ3) is 3.24. The van der Waals surface area contributed by atoms with Gasteiger partial charge >= 0.3 is 5.69 Å². The third-order valence-corrected chi connectivity index (χ3v) is 5.48. The number of rotatable bonds is 3. The lowest BCUT2D eigenvalue weighted by Crippen LogP contribution is -2.36. The van der Waals surface area contributed by atoms with Crippen molar-refractivity contribution in [3.63, 3.8) is 0 Å². The first kappa shape index (κ1) is 16.4. The Balaban J connectivity index is 1.48. The van der Waals surface area contributed by atoms with Crippen molar-refractivity contribution in [2.45, 2.75) is 32.4 Å². The zero-order chi connectivity index (χ0) is 17.4.